The predicted molar refractivity (Wildman–Crippen MR) is 50.0 cm³/mol. The molecule has 0 spiro atoms. The quantitative estimate of drug-likeness (QED) is 0.514. The van der Waals surface area contributed by atoms with Crippen molar-refractivity contribution in [3.05, 3.63) is 36.0 Å². The molecule has 0 unspecified atom stereocenters. The second-order valence-electron chi connectivity index (χ2n) is 2.30. The lowest BCUT2D eigenvalue weighted by molar-refractivity contribution is -0.132. The lowest BCUT2D eigenvalue weighted by Crippen LogP contribution is -2.00. The van der Waals surface area contributed by atoms with Crippen LogP contribution >= 0.6 is 0 Å². The Bertz CT molecular complexity index is 234. The lowest BCUT2D eigenvalue weighted by Gasteiger charge is -2.00. The van der Waals surface area contributed by atoms with Gasteiger partial charge in [0.25, 0.3) is 0 Å². The number of hydrogen-bond donors (Lipinski definition) is 1. The zero-order chi connectivity index (χ0) is 9.56. The molecule has 2 nitrogen and oxygen atoms in total. The van der Waals surface area contributed by atoms with Gasteiger partial charge in [-0.1, -0.05) is 31.7 Å². The minimum atomic E-state index is -0.898. The maximum atomic E-state index is 10.7. The van der Waals surface area contributed by atoms with Gasteiger partial charge in [0, 0.05) is 0 Å². The minimum absolute atomic E-state index is 0.329. The van der Waals surface area contributed by atoms with Gasteiger partial charge in [-0.25, -0.2) is 4.79 Å². The van der Waals surface area contributed by atoms with E-state index in [0.29, 0.717) is 12.0 Å². The molecule has 0 saturated carbocycles. The van der Waals surface area contributed by atoms with Crippen LogP contribution in [0.1, 0.15) is 20.3 Å². The third-order valence-corrected chi connectivity index (χ3v) is 1.54. The molecule has 0 saturated heterocycles. The van der Waals surface area contributed by atoms with Crippen molar-refractivity contribution in [2.75, 3.05) is 0 Å². The van der Waals surface area contributed by atoms with Gasteiger partial charge in [-0.05, 0) is 18.9 Å². The van der Waals surface area contributed by atoms with Gasteiger partial charge in [-0.3, -0.25) is 0 Å². The van der Waals surface area contributed by atoms with E-state index in [9.17, 15) is 4.79 Å². The fraction of sp³-hybridized carbons (Fsp3) is 0.300. The molecule has 0 amide bonds. The van der Waals surface area contributed by atoms with E-state index in [0.717, 1.165) is 5.57 Å². The smallest absolute Gasteiger partial charge is 0.335 e. The van der Waals surface area contributed by atoms with Crippen molar-refractivity contribution in [3.8, 4) is 0 Å². The molecular formula is C10H14O2. The maximum Gasteiger partial charge on any atom is 0.335 e. The summed E-state index contributed by atoms with van der Waals surface area (Å²) < 4.78 is 0. The van der Waals surface area contributed by atoms with E-state index >= 15 is 0 Å². The van der Waals surface area contributed by atoms with Gasteiger partial charge in [0.1, 0.15) is 0 Å². The van der Waals surface area contributed by atoms with Crippen molar-refractivity contribution in [1.82, 2.24) is 0 Å². The Hall–Kier alpha value is -1.31. The number of hydrogen-bond acceptors (Lipinski definition) is 1. The molecule has 0 aromatic rings. The second-order valence-corrected chi connectivity index (χ2v) is 2.30. The molecule has 0 aliphatic carbocycles. The van der Waals surface area contributed by atoms with Crippen LogP contribution in [0.5, 0.6) is 0 Å². The molecule has 0 aromatic carbocycles. The first kappa shape index (κ1) is 10.7. The summed E-state index contributed by atoms with van der Waals surface area (Å²) in [4.78, 5) is 10.7. The highest BCUT2D eigenvalue weighted by Crippen LogP contribution is 2.11. The molecule has 0 fully saturated rings. The second kappa shape index (κ2) is 5.35. The van der Waals surface area contributed by atoms with Crippen molar-refractivity contribution >= 4 is 5.97 Å². The zero-order valence-electron chi connectivity index (χ0n) is 7.50. The van der Waals surface area contributed by atoms with Crippen LogP contribution in [0.15, 0.2) is 36.0 Å². The molecule has 0 aromatic heterocycles. The summed E-state index contributed by atoms with van der Waals surface area (Å²) in [5.41, 5.74) is 1.09. The van der Waals surface area contributed by atoms with Gasteiger partial charge in [0.2, 0.25) is 0 Å². The van der Waals surface area contributed by atoms with Gasteiger partial charge in [0.05, 0.1) is 5.57 Å². The highest BCUT2D eigenvalue weighted by molar-refractivity contribution is 5.91. The number of carbonyl (C=O) groups is 1. The van der Waals surface area contributed by atoms with Crippen LogP contribution in [0.3, 0.4) is 0 Å². The maximum absolute atomic E-state index is 10.7. The molecule has 66 valence electrons. The van der Waals surface area contributed by atoms with E-state index in [-0.39, 0.29) is 0 Å². The largest absolute Gasteiger partial charge is 0.478 e. The molecule has 1 N–H and O–H groups in total. The van der Waals surface area contributed by atoms with Gasteiger partial charge in [-0.15, -0.1) is 0 Å². The summed E-state index contributed by atoms with van der Waals surface area (Å²) in [6.45, 7) is 7.26. The van der Waals surface area contributed by atoms with Crippen molar-refractivity contribution < 1.29 is 9.90 Å². The molecule has 0 aliphatic rings. The van der Waals surface area contributed by atoms with E-state index in [1.165, 1.54) is 0 Å². The highest BCUT2D eigenvalue weighted by atomic mass is 16.4. The lowest BCUT2D eigenvalue weighted by atomic mass is 10.1. The van der Waals surface area contributed by atoms with Crippen LogP contribution in [0, 0.1) is 0 Å². The van der Waals surface area contributed by atoms with Crippen molar-refractivity contribution in [2.45, 2.75) is 20.3 Å². The normalized spacial score (nSPS) is 12.8. The number of allylic oxidation sites excluding steroid dienone is 3. The fourth-order valence-electron chi connectivity index (χ4n) is 0.927. The van der Waals surface area contributed by atoms with Gasteiger partial charge in [0.15, 0.2) is 0 Å². The number of carboxylic acids is 1. The average Bonchev–Trinajstić information content (AvgIpc) is 2.05. The van der Waals surface area contributed by atoms with E-state index in [2.05, 4.69) is 6.58 Å². The molecular weight excluding hydrogens is 152 g/mol. The number of rotatable bonds is 4. The average molecular weight is 166 g/mol. The molecule has 0 rings (SSSR count). The Morgan fingerprint density at radius 2 is 2.17 bits per heavy atom. The topological polar surface area (TPSA) is 37.3 Å². The zero-order valence-corrected chi connectivity index (χ0v) is 7.50. The van der Waals surface area contributed by atoms with Crippen LogP contribution in [0.25, 0.3) is 0 Å². The fourth-order valence-corrected chi connectivity index (χ4v) is 0.927. The van der Waals surface area contributed by atoms with Crippen LogP contribution < -0.4 is 0 Å². The summed E-state index contributed by atoms with van der Waals surface area (Å²) in [7, 11) is 0. The summed E-state index contributed by atoms with van der Waals surface area (Å²) in [5, 5.41) is 8.78. The Kier molecular flexibility index (Phi) is 4.77. The highest BCUT2D eigenvalue weighted by Gasteiger charge is 2.06. The van der Waals surface area contributed by atoms with Crippen molar-refractivity contribution in [3.63, 3.8) is 0 Å². The molecule has 0 aliphatic heterocycles. The molecule has 0 bridgehead atoms. The van der Waals surface area contributed by atoms with Gasteiger partial charge < -0.3 is 5.11 Å². The van der Waals surface area contributed by atoms with E-state index < -0.39 is 5.97 Å². The molecule has 0 heterocycles. The number of carboxylic acid groups (broad SMARTS) is 1. The van der Waals surface area contributed by atoms with E-state index in [4.69, 9.17) is 5.11 Å². The van der Waals surface area contributed by atoms with E-state index in [1.807, 2.05) is 6.92 Å². The monoisotopic (exact) mass is 166 g/mol. The standard InChI is InChI=1S/C10H14O2/c1-4-7-9(10(11)12)8(5-2)6-3/h4-5,7H,2,6H2,1,3H3,(H,11,12)/b7-4-,9-8-. The Labute approximate surface area is 72.9 Å². The number of aliphatic carboxylic acids is 1. The van der Waals surface area contributed by atoms with Gasteiger partial charge in [-0.2, -0.15) is 0 Å². The molecule has 0 radical (unpaired) electrons. The van der Waals surface area contributed by atoms with Crippen LogP contribution in [-0.4, -0.2) is 11.1 Å². The first-order valence-electron chi connectivity index (χ1n) is 3.88. The third-order valence-electron chi connectivity index (χ3n) is 1.54. The van der Waals surface area contributed by atoms with Crippen LogP contribution in [-0.2, 0) is 4.79 Å². The molecule has 0 atom stereocenters. The summed E-state index contributed by atoms with van der Waals surface area (Å²) in [6, 6.07) is 0. The predicted octanol–water partition coefficient (Wildman–Crippen LogP) is 2.54. The van der Waals surface area contributed by atoms with Crippen LogP contribution in [0.4, 0.5) is 0 Å². The molecule has 2 heteroatoms. The van der Waals surface area contributed by atoms with Gasteiger partial charge >= 0.3 is 5.97 Å². The van der Waals surface area contributed by atoms with E-state index in [1.54, 1.807) is 25.2 Å². The molecule has 12 heavy (non-hydrogen) atoms. The van der Waals surface area contributed by atoms with Crippen molar-refractivity contribution in [1.29, 1.82) is 0 Å². The minimum Gasteiger partial charge on any atom is -0.478 e. The summed E-state index contributed by atoms with van der Waals surface area (Å²) >= 11 is 0. The Morgan fingerprint density at radius 1 is 1.58 bits per heavy atom. The SMILES string of the molecule is C=C/C(CC)=C(\C=C/C)C(=O)O. The summed E-state index contributed by atoms with van der Waals surface area (Å²) in [6.07, 6.45) is 5.57. The Morgan fingerprint density at radius 3 is 2.42 bits per heavy atom. The first-order valence-corrected chi connectivity index (χ1v) is 3.88. The third kappa shape index (κ3) is 2.74. The van der Waals surface area contributed by atoms with Crippen molar-refractivity contribution in [2.24, 2.45) is 0 Å². The first-order chi connectivity index (χ1) is 5.67. The Balaban J connectivity index is 5.02. The van der Waals surface area contributed by atoms with Crippen LogP contribution in [0.2, 0.25) is 0 Å². The summed E-state index contributed by atoms with van der Waals surface area (Å²) in [5.74, 6) is -0.898.